The third-order valence-corrected chi connectivity index (χ3v) is 9.95. The van der Waals surface area contributed by atoms with Crippen LogP contribution in [0.3, 0.4) is 0 Å². The van der Waals surface area contributed by atoms with Crippen molar-refractivity contribution in [2.75, 3.05) is 39.5 Å². The number of hydrogen-bond donors (Lipinski definition) is 0. The molecule has 0 heterocycles. The zero-order valence-corrected chi connectivity index (χ0v) is 33.7. The Morgan fingerprint density at radius 3 is 1.12 bits per heavy atom. The fourth-order valence-corrected chi connectivity index (χ4v) is 6.61. The van der Waals surface area contributed by atoms with Gasteiger partial charge in [0.1, 0.15) is 0 Å². The maximum absolute atomic E-state index is 6.07. The summed E-state index contributed by atoms with van der Waals surface area (Å²) in [5.41, 5.74) is 1.37. The molecule has 0 fully saturated rings. The van der Waals surface area contributed by atoms with E-state index in [1.165, 1.54) is 185 Å². The Labute approximate surface area is 313 Å². The highest BCUT2D eigenvalue weighted by Gasteiger charge is 2.06. The summed E-state index contributed by atoms with van der Waals surface area (Å²) in [4.78, 5) is 2.50. The fourth-order valence-electron chi connectivity index (χ4n) is 6.61. The number of unbranched alkanes of at least 4 members (excludes halogenated alkanes) is 24. The van der Waals surface area contributed by atoms with Gasteiger partial charge < -0.3 is 9.47 Å². The summed E-state index contributed by atoms with van der Waals surface area (Å²) in [6, 6.07) is 10.8. The van der Waals surface area contributed by atoms with Crippen LogP contribution in [0.15, 0.2) is 54.6 Å². The molecule has 0 saturated heterocycles. The Morgan fingerprint density at radius 2 is 0.740 bits per heavy atom. The molecule has 0 atom stereocenters. The minimum atomic E-state index is 0.812. The summed E-state index contributed by atoms with van der Waals surface area (Å²) in [6.07, 6.45) is 47.4. The van der Waals surface area contributed by atoms with Crippen LogP contribution in [-0.2, 0) is 16.0 Å². The number of benzene rings is 1. The normalized spacial score (nSPS) is 12.0. The lowest BCUT2D eigenvalue weighted by atomic mass is 10.1. The molecule has 3 nitrogen and oxygen atoms in total. The lowest BCUT2D eigenvalue weighted by Crippen LogP contribution is -2.31. The SMILES string of the molecule is CCCCCCCC/C=C\CCCCCCCCOCCN(CCOCCCCCCCC/C=C\CCCCCCCC)Cc1ccccc1. The summed E-state index contributed by atoms with van der Waals surface area (Å²) < 4.78 is 12.1. The molecule has 3 heteroatoms. The summed E-state index contributed by atoms with van der Waals surface area (Å²) in [7, 11) is 0. The maximum atomic E-state index is 6.07. The van der Waals surface area contributed by atoms with Crippen LogP contribution in [0.5, 0.6) is 0 Å². The fraction of sp³-hybridized carbons (Fsp3) is 0.787. The highest BCUT2D eigenvalue weighted by molar-refractivity contribution is 5.14. The highest BCUT2D eigenvalue weighted by Crippen LogP contribution is 2.12. The van der Waals surface area contributed by atoms with Gasteiger partial charge in [-0.15, -0.1) is 0 Å². The van der Waals surface area contributed by atoms with Crippen LogP contribution in [0.2, 0.25) is 0 Å². The van der Waals surface area contributed by atoms with Crippen molar-refractivity contribution < 1.29 is 9.47 Å². The van der Waals surface area contributed by atoms with E-state index in [1.807, 2.05) is 0 Å². The lowest BCUT2D eigenvalue weighted by Gasteiger charge is -2.22. The van der Waals surface area contributed by atoms with Crippen LogP contribution in [0.1, 0.15) is 199 Å². The van der Waals surface area contributed by atoms with Crippen molar-refractivity contribution in [1.29, 1.82) is 0 Å². The van der Waals surface area contributed by atoms with Crippen LogP contribution in [0.4, 0.5) is 0 Å². The van der Waals surface area contributed by atoms with E-state index in [0.29, 0.717) is 0 Å². The summed E-state index contributed by atoms with van der Waals surface area (Å²) in [5.74, 6) is 0. The number of rotatable bonds is 40. The predicted molar refractivity (Wildman–Crippen MR) is 222 cm³/mol. The standard InChI is InChI=1S/C47H85NO2/c1-3-5-7-9-11-13-15-17-19-21-23-25-27-29-31-36-42-49-44-40-48(46-47-38-34-33-35-39-47)41-45-50-43-37-32-30-28-26-24-22-20-18-16-14-12-10-8-6-4-2/h17-20,33-35,38-39H,3-16,21-32,36-37,40-46H2,1-2H3/b19-17-,20-18-. The van der Waals surface area contributed by atoms with Crippen LogP contribution >= 0.6 is 0 Å². The molecule has 290 valence electrons. The Bertz CT molecular complexity index is 774. The quantitative estimate of drug-likeness (QED) is 0.0504. The minimum absolute atomic E-state index is 0.812. The van der Waals surface area contributed by atoms with Crippen LogP contribution in [-0.4, -0.2) is 44.4 Å². The first-order valence-electron chi connectivity index (χ1n) is 22.1. The van der Waals surface area contributed by atoms with Crippen LogP contribution in [0.25, 0.3) is 0 Å². The molecule has 0 unspecified atom stereocenters. The average molecular weight is 696 g/mol. The van der Waals surface area contributed by atoms with Crippen molar-refractivity contribution in [3.8, 4) is 0 Å². The Morgan fingerprint density at radius 1 is 0.400 bits per heavy atom. The summed E-state index contributed by atoms with van der Waals surface area (Å²) in [5, 5.41) is 0. The van der Waals surface area contributed by atoms with Gasteiger partial charge in [0.25, 0.3) is 0 Å². The van der Waals surface area contributed by atoms with Gasteiger partial charge in [0.2, 0.25) is 0 Å². The van der Waals surface area contributed by atoms with E-state index in [2.05, 4.69) is 73.4 Å². The van der Waals surface area contributed by atoms with Gasteiger partial charge in [-0.05, 0) is 69.8 Å². The zero-order valence-electron chi connectivity index (χ0n) is 33.7. The van der Waals surface area contributed by atoms with Gasteiger partial charge in [0.15, 0.2) is 0 Å². The molecule has 0 aliphatic heterocycles. The summed E-state index contributed by atoms with van der Waals surface area (Å²) in [6.45, 7) is 10.9. The average Bonchev–Trinajstić information content (AvgIpc) is 3.13. The first-order chi connectivity index (χ1) is 24.9. The maximum Gasteiger partial charge on any atom is 0.0593 e. The number of hydrogen-bond acceptors (Lipinski definition) is 3. The van der Waals surface area contributed by atoms with Crippen molar-refractivity contribution >= 4 is 0 Å². The minimum Gasteiger partial charge on any atom is -0.380 e. The Balaban J connectivity index is 1.97. The van der Waals surface area contributed by atoms with Gasteiger partial charge in [-0.25, -0.2) is 0 Å². The van der Waals surface area contributed by atoms with Crippen LogP contribution < -0.4 is 0 Å². The van der Waals surface area contributed by atoms with E-state index in [1.54, 1.807) is 0 Å². The van der Waals surface area contributed by atoms with Gasteiger partial charge >= 0.3 is 0 Å². The molecule has 0 spiro atoms. The zero-order chi connectivity index (χ0) is 35.7. The van der Waals surface area contributed by atoms with Crippen molar-refractivity contribution in [3.05, 3.63) is 60.2 Å². The van der Waals surface area contributed by atoms with E-state index in [9.17, 15) is 0 Å². The molecule has 1 aromatic carbocycles. The molecule has 0 radical (unpaired) electrons. The molecular weight excluding hydrogens is 611 g/mol. The molecule has 0 bridgehead atoms. The second-order valence-electron chi connectivity index (χ2n) is 14.9. The second kappa shape index (κ2) is 40.4. The molecule has 50 heavy (non-hydrogen) atoms. The second-order valence-corrected chi connectivity index (χ2v) is 14.9. The third-order valence-electron chi connectivity index (χ3n) is 9.95. The van der Waals surface area contributed by atoms with E-state index >= 15 is 0 Å². The summed E-state index contributed by atoms with van der Waals surface area (Å²) >= 11 is 0. The first-order valence-corrected chi connectivity index (χ1v) is 22.1. The van der Waals surface area contributed by atoms with E-state index in [-0.39, 0.29) is 0 Å². The molecule has 0 amide bonds. The van der Waals surface area contributed by atoms with Gasteiger partial charge in [-0.1, -0.05) is 184 Å². The first kappa shape index (κ1) is 46.6. The van der Waals surface area contributed by atoms with Gasteiger partial charge in [0, 0.05) is 32.8 Å². The number of nitrogens with zero attached hydrogens (tertiary/aromatic N) is 1. The number of allylic oxidation sites excluding steroid dienone is 4. The van der Waals surface area contributed by atoms with Crippen molar-refractivity contribution in [2.24, 2.45) is 0 Å². The number of ether oxygens (including phenoxy) is 2. The monoisotopic (exact) mass is 696 g/mol. The largest absolute Gasteiger partial charge is 0.380 e. The smallest absolute Gasteiger partial charge is 0.0593 e. The predicted octanol–water partition coefficient (Wildman–Crippen LogP) is 14.6. The molecular formula is C47H85NO2. The van der Waals surface area contributed by atoms with Gasteiger partial charge in [0.05, 0.1) is 13.2 Å². The highest BCUT2D eigenvalue weighted by atomic mass is 16.5. The third kappa shape index (κ3) is 35.0. The molecule has 0 aliphatic rings. The van der Waals surface area contributed by atoms with Crippen LogP contribution in [0, 0.1) is 0 Å². The van der Waals surface area contributed by atoms with E-state index in [4.69, 9.17) is 9.47 Å². The molecule has 0 saturated carbocycles. The molecule has 0 aromatic heterocycles. The van der Waals surface area contributed by atoms with Crippen molar-refractivity contribution in [1.82, 2.24) is 4.90 Å². The Hall–Kier alpha value is -1.42. The molecule has 0 N–H and O–H groups in total. The molecule has 1 aromatic rings. The van der Waals surface area contributed by atoms with Gasteiger partial charge in [-0.2, -0.15) is 0 Å². The van der Waals surface area contributed by atoms with E-state index < -0.39 is 0 Å². The van der Waals surface area contributed by atoms with E-state index in [0.717, 1.165) is 46.1 Å². The van der Waals surface area contributed by atoms with Gasteiger partial charge in [-0.3, -0.25) is 4.90 Å². The topological polar surface area (TPSA) is 21.7 Å². The van der Waals surface area contributed by atoms with Crippen molar-refractivity contribution in [3.63, 3.8) is 0 Å². The lowest BCUT2D eigenvalue weighted by molar-refractivity contribution is 0.0692. The van der Waals surface area contributed by atoms with Crippen molar-refractivity contribution in [2.45, 2.75) is 200 Å². The Kier molecular flexibility index (Phi) is 37.6. The molecule has 1 rings (SSSR count). The molecule has 0 aliphatic carbocycles.